The first-order chi connectivity index (χ1) is 9.42. The van der Waals surface area contributed by atoms with E-state index in [1.807, 2.05) is 0 Å². The van der Waals surface area contributed by atoms with Gasteiger partial charge in [-0.1, -0.05) is 0 Å². The Bertz CT molecular complexity index is 783. The summed E-state index contributed by atoms with van der Waals surface area (Å²) >= 11 is 0. The van der Waals surface area contributed by atoms with Crippen molar-refractivity contribution < 1.29 is 17.9 Å². The Morgan fingerprint density at radius 1 is 1.30 bits per heavy atom. The lowest BCUT2D eigenvalue weighted by Crippen LogP contribution is -2.13. The van der Waals surface area contributed by atoms with Crippen LogP contribution in [0.25, 0.3) is 0 Å². The lowest BCUT2D eigenvalue weighted by molar-refractivity contribution is 0.432. The molecule has 0 amide bonds. The summed E-state index contributed by atoms with van der Waals surface area (Å²) < 4.78 is 39.2. The summed E-state index contributed by atoms with van der Waals surface area (Å²) in [7, 11) is -3.94. The number of nitriles is 1. The second-order valence-electron chi connectivity index (χ2n) is 3.76. The summed E-state index contributed by atoms with van der Waals surface area (Å²) in [5.41, 5.74) is 0.0456. The van der Waals surface area contributed by atoms with E-state index in [0.29, 0.717) is 0 Å². The third kappa shape index (κ3) is 2.84. The Kier molecular flexibility index (Phi) is 3.54. The smallest absolute Gasteiger partial charge is 0.263 e. The monoisotopic (exact) mass is 293 g/mol. The Morgan fingerprint density at radius 2 is 2.05 bits per heavy atom. The second-order valence-corrected chi connectivity index (χ2v) is 5.45. The molecule has 0 radical (unpaired) electrons. The molecule has 2 N–H and O–H groups in total. The minimum atomic E-state index is -3.94. The van der Waals surface area contributed by atoms with Crippen molar-refractivity contribution >= 4 is 15.7 Å². The first kappa shape index (κ1) is 13.8. The van der Waals surface area contributed by atoms with Crippen molar-refractivity contribution in [2.45, 2.75) is 4.90 Å². The zero-order valence-electron chi connectivity index (χ0n) is 9.91. The van der Waals surface area contributed by atoms with Gasteiger partial charge in [0.15, 0.2) is 11.6 Å². The highest BCUT2D eigenvalue weighted by Crippen LogP contribution is 2.21. The van der Waals surface area contributed by atoms with Crippen LogP contribution in [0.2, 0.25) is 0 Å². The molecule has 20 heavy (non-hydrogen) atoms. The third-order valence-electron chi connectivity index (χ3n) is 2.36. The molecule has 1 aromatic carbocycles. The number of phenolic OH excluding ortho intramolecular Hbond substituents is 1. The fraction of sp³-hybridized carbons (Fsp3) is 0. The van der Waals surface area contributed by atoms with Crippen molar-refractivity contribution in [3.63, 3.8) is 0 Å². The predicted molar refractivity (Wildman–Crippen MR) is 67.8 cm³/mol. The number of hydrogen-bond acceptors (Lipinski definition) is 5. The van der Waals surface area contributed by atoms with Crippen LogP contribution in [0, 0.1) is 17.1 Å². The van der Waals surface area contributed by atoms with Crippen LogP contribution in [0.15, 0.2) is 41.4 Å². The van der Waals surface area contributed by atoms with Gasteiger partial charge in [-0.2, -0.15) is 5.26 Å². The van der Waals surface area contributed by atoms with E-state index in [0.717, 1.165) is 18.3 Å². The molecule has 0 bridgehead atoms. The SMILES string of the molecule is N#Cc1ccc(S(=O)(=O)Nc2ccc(O)c(F)c2)cn1. The fourth-order valence-electron chi connectivity index (χ4n) is 1.39. The molecule has 0 aliphatic rings. The number of sulfonamides is 1. The van der Waals surface area contributed by atoms with Crippen molar-refractivity contribution in [2.24, 2.45) is 0 Å². The molecule has 6 nitrogen and oxygen atoms in total. The molecule has 0 spiro atoms. The molecular formula is C12H8FN3O3S. The molecule has 0 aliphatic carbocycles. The predicted octanol–water partition coefficient (Wildman–Crippen LogP) is 1.60. The van der Waals surface area contributed by atoms with Gasteiger partial charge in [-0.3, -0.25) is 4.72 Å². The van der Waals surface area contributed by atoms with Gasteiger partial charge >= 0.3 is 0 Å². The van der Waals surface area contributed by atoms with Gasteiger partial charge in [-0.15, -0.1) is 0 Å². The zero-order valence-corrected chi connectivity index (χ0v) is 10.7. The summed E-state index contributed by atoms with van der Waals surface area (Å²) in [5, 5.41) is 17.6. The second kappa shape index (κ2) is 5.14. The molecule has 0 atom stereocenters. The number of nitrogens with zero attached hydrogens (tertiary/aromatic N) is 2. The lowest BCUT2D eigenvalue weighted by atomic mass is 10.3. The standard InChI is InChI=1S/C12H8FN3O3S/c13-11-5-8(2-4-12(11)17)16-20(18,19)10-3-1-9(6-14)15-7-10/h1-5,7,16-17H. The van der Waals surface area contributed by atoms with E-state index in [-0.39, 0.29) is 16.3 Å². The summed E-state index contributed by atoms with van der Waals surface area (Å²) in [6, 6.07) is 7.33. The van der Waals surface area contributed by atoms with Gasteiger partial charge in [-0.05, 0) is 24.3 Å². The molecule has 0 saturated heterocycles. The Labute approximate surface area is 114 Å². The number of aromatic hydroxyl groups is 1. The summed E-state index contributed by atoms with van der Waals surface area (Å²) in [4.78, 5) is 3.48. The highest BCUT2D eigenvalue weighted by Gasteiger charge is 2.15. The number of benzene rings is 1. The molecule has 0 saturated carbocycles. The summed E-state index contributed by atoms with van der Waals surface area (Å²) in [6.07, 6.45) is 1.03. The van der Waals surface area contributed by atoms with Gasteiger partial charge in [0, 0.05) is 12.3 Å². The number of halogens is 1. The first-order valence-electron chi connectivity index (χ1n) is 5.30. The van der Waals surface area contributed by atoms with Crippen molar-refractivity contribution in [1.82, 2.24) is 4.98 Å². The average molecular weight is 293 g/mol. The lowest BCUT2D eigenvalue weighted by Gasteiger charge is -2.08. The van der Waals surface area contributed by atoms with Gasteiger partial charge in [-0.25, -0.2) is 17.8 Å². The normalized spacial score (nSPS) is 10.8. The molecule has 1 aromatic heterocycles. The van der Waals surface area contributed by atoms with Gasteiger partial charge in [0.25, 0.3) is 10.0 Å². The zero-order chi connectivity index (χ0) is 14.8. The van der Waals surface area contributed by atoms with E-state index in [2.05, 4.69) is 9.71 Å². The van der Waals surface area contributed by atoms with Crippen LogP contribution in [-0.2, 0) is 10.0 Å². The molecule has 2 aromatic rings. The highest BCUT2D eigenvalue weighted by molar-refractivity contribution is 7.92. The molecule has 0 fully saturated rings. The first-order valence-corrected chi connectivity index (χ1v) is 6.78. The van der Waals surface area contributed by atoms with Crippen LogP contribution in [0.4, 0.5) is 10.1 Å². The maximum atomic E-state index is 13.1. The van der Waals surface area contributed by atoms with E-state index in [9.17, 15) is 12.8 Å². The minimum absolute atomic E-state index is 0.0374. The molecule has 2 rings (SSSR count). The molecule has 8 heteroatoms. The highest BCUT2D eigenvalue weighted by atomic mass is 32.2. The number of aromatic nitrogens is 1. The molecular weight excluding hydrogens is 285 g/mol. The number of phenols is 1. The number of hydrogen-bond donors (Lipinski definition) is 2. The van der Waals surface area contributed by atoms with E-state index in [4.69, 9.17) is 10.4 Å². The van der Waals surface area contributed by atoms with E-state index in [1.165, 1.54) is 18.2 Å². The molecule has 1 heterocycles. The van der Waals surface area contributed by atoms with Crippen molar-refractivity contribution in [1.29, 1.82) is 5.26 Å². The number of pyridine rings is 1. The Balaban J connectivity index is 2.30. The molecule has 0 aliphatic heterocycles. The van der Waals surface area contributed by atoms with Crippen molar-refractivity contribution in [3.8, 4) is 11.8 Å². The average Bonchev–Trinajstić information content (AvgIpc) is 2.43. The van der Waals surface area contributed by atoms with Gasteiger partial charge in [0.1, 0.15) is 16.7 Å². The maximum absolute atomic E-state index is 13.1. The van der Waals surface area contributed by atoms with Gasteiger partial charge < -0.3 is 5.11 Å². The summed E-state index contributed by atoms with van der Waals surface area (Å²) in [5.74, 6) is -1.52. The summed E-state index contributed by atoms with van der Waals surface area (Å²) in [6.45, 7) is 0. The van der Waals surface area contributed by atoms with Crippen LogP contribution >= 0.6 is 0 Å². The third-order valence-corrected chi connectivity index (χ3v) is 3.73. The molecule has 0 unspecified atom stereocenters. The quantitative estimate of drug-likeness (QED) is 0.837. The number of rotatable bonds is 3. The maximum Gasteiger partial charge on any atom is 0.263 e. The van der Waals surface area contributed by atoms with Crippen molar-refractivity contribution in [2.75, 3.05) is 4.72 Å². The van der Waals surface area contributed by atoms with Crippen LogP contribution in [0.5, 0.6) is 5.75 Å². The van der Waals surface area contributed by atoms with E-state index < -0.39 is 21.6 Å². The van der Waals surface area contributed by atoms with Crippen LogP contribution in [0.1, 0.15) is 5.69 Å². The van der Waals surface area contributed by atoms with Gasteiger partial charge in [0.05, 0.1) is 5.69 Å². The van der Waals surface area contributed by atoms with Crippen LogP contribution in [0.3, 0.4) is 0 Å². The van der Waals surface area contributed by atoms with Crippen LogP contribution < -0.4 is 4.72 Å². The Hall–Kier alpha value is -2.66. The fourth-order valence-corrected chi connectivity index (χ4v) is 2.38. The van der Waals surface area contributed by atoms with Crippen molar-refractivity contribution in [3.05, 3.63) is 48.0 Å². The number of anilines is 1. The van der Waals surface area contributed by atoms with E-state index >= 15 is 0 Å². The molecule has 102 valence electrons. The largest absolute Gasteiger partial charge is 0.505 e. The number of nitrogens with one attached hydrogen (secondary N) is 1. The minimum Gasteiger partial charge on any atom is -0.505 e. The topological polar surface area (TPSA) is 103 Å². The van der Waals surface area contributed by atoms with E-state index in [1.54, 1.807) is 6.07 Å². The van der Waals surface area contributed by atoms with Gasteiger partial charge in [0.2, 0.25) is 0 Å². The Morgan fingerprint density at radius 3 is 2.60 bits per heavy atom. The van der Waals surface area contributed by atoms with Crippen LogP contribution in [-0.4, -0.2) is 18.5 Å².